The van der Waals surface area contributed by atoms with Crippen LogP contribution in [0.15, 0.2) is 22.7 Å². The first kappa shape index (κ1) is 11.2. The number of hydrogen-bond acceptors (Lipinski definition) is 1. The fourth-order valence-corrected chi connectivity index (χ4v) is 1.41. The van der Waals surface area contributed by atoms with Crippen LogP contribution in [0.1, 0.15) is 12.5 Å². The van der Waals surface area contributed by atoms with Crippen molar-refractivity contribution >= 4 is 15.9 Å². The summed E-state index contributed by atoms with van der Waals surface area (Å²) < 4.78 is 13.6. The van der Waals surface area contributed by atoms with Gasteiger partial charge < -0.3 is 0 Å². The van der Waals surface area contributed by atoms with Crippen molar-refractivity contribution in [2.45, 2.75) is 19.5 Å². The van der Waals surface area contributed by atoms with Gasteiger partial charge in [0.1, 0.15) is 5.82 Å². The highest BCUT2D eigenvalue weighted by atomic mass is 79.9. The molecule has 1 nitrogen and oxygen atoms in total. The third kappa shape index (κ3) is 2.83. The fraction of sp³-hybridized carbons (Fsp3) is 0.273. The smallest absolute Gasteiger partial charge is 0.137 e. The zero-order chi connectivity index (χ0) is 10.6. The molecule has 0 bridgehead atoms. The molecule has 0 amide bonds. The summed E-state index contributed by atoms with van der Waals surface area (Å²) in [5.74, 6) is 2.30. The Hall–Kier alpha value is -0.850. The molecular weight excluding hydrogens is 245 g/mol. The Bertz CT molecular complexity index is 357. The molecule has 1 atom stereocenters. The van der Waals surface area contributed by atoms with E-state index in [1.54, 1.807) is 6.07 Å². The average Bonchev–Trinajstić information content (AvgIpc) is 2.20. The summed E-state index contributed by atoms with van der Waals surface area (Å²) >= 11 is 3.19. The number of benzene rings is 1. The Morgan fingerprint density at radius 2 is 2.36 bits per heavy atom. The molecule has 0 spiro atoms. The summed E-state index contributed by atoms with van der Waals surface area (Å²) in [7, 11) is 0. The second kappa shape index (κ2) is 5.14. The first-order valence-corrected chi connectivity index (χ1v) is 5.07. The van der Waals surface area contributed by atoms with Crippen LogP contribution >= 0.6 is 15.9 Å². The highest BCUT2D eigenvalue weighted by molar-refractivity contribution is 9.10. The molecule has 0 aliphatic rings. The Morgan fingerprint density at radius 1 is 1.64 bits per heavy atom. The third-order valence-electron chi connectivity index (χ3n) is 1.88. The molecule has 0 heterocycles. The Kier molecular flexibility index (Phi) is 4.12. The second-order valence-electron chi connectivity index (χ2n) is 2.98. The van der Waals surface area contributed by atoms with Crippen molar-refractivity contribution < 1.29 is 4.39 Å². The van der Waals surface area contributed by atoms with E-state index in [1.165, 1.54) is 6.07 Å². The van der Waals surface area contributed by atoms with E-state index in [-0.39, 0.29) is 11.9 Å². The van der Waals surface area contributed by atoms with E-state index in [1.807, 2.05) is 13.0 Å². The van der Waals surface area contributed by atoms with Crippen LogP contribution in [-0.2, 0) is 6.54 Å². The average molecular weight is 256 g/mol. The minimum absolute atomic E-state index is 0.00910. The minimum Gasteiger partial charge on any atom is -0.300 e. The van der Waals surface area contributed by atoms with Gasteiger partial charge in [-0.2, -0.15) is 0 Å². The molecule has 0 aliphatic carbocycles. The molecule has 0 saturated carbocycles. The Labute approximate surface area is 91.8 Å². The van der Waals surface area contributed by atoms with Crippen molar-refractivity contribution in [1.29, 1.82) is 0 Å². The standard InChI is InChI=1S/C11H11BrFN/c1-3-8(2)14-7-9-5-4-6-10(13)11(9)12/h1,4-6,8,14H,7H2,2H3. The van der Waals surface area contributed by atoms with Crippen LogP contribution in [-0.4, -0.2) is 6.04 Å². The third-order valence-corrected chi connectivity index (χ3v) is 2.77. The second-order valence-corrected chi connectivity index (χ2v) is 3.78. The summed E-state index contributed by atoms with van der Waals surface area (Å²) in [5, 5.41) is 3.08. The topological polar surface area (TPSA) is 12.0 Å². The maximum atomic E-state index is 13.1. The Balaban J connectivity index is 2.69. The van der Waals surface area contributed by atoms with E-state index < -0.39 is 0 Å². The lowest BCUT2D eigenvalue weighted by Crippen LogP contribution is -2.23. The largest absolute Gasteiger partial charge is 0.300 e. The monoisotopic (exact) mass is 255 g/mol. The van der Waals surface area contributed by atoms with Gasteiger partial charge in [-0.3, -0.25) is 5.32 Å². The molecule has 0 saturated heterocycles. The minimum atomic E-state index is -0.252. The predicted molar refractivity (Wildman–Crippen MR) is 59.2 cm³/mol. The highest BCUT2D eigenvalue weighted by Crippen LogP contribution is 2.20. The number of halogens is 2. The summed E-state index contributed by atoms with van der Waals surface area (Å²) in [5.41, 5.74) is 0.868. The zero-order valence-electron chi connectivity index (χ0n) is 7.85. The number of nitrogens with one attached hydrogen (secondary N) is 1. The maximum Gasteiger partial charge on any atom is 0.137 e. The van der Waals surface area contributed by atoms with Crippen molar-refractivity contribution in [3.63, 3.8) is 0 Å². The van der Waals surface area contributed by atoms with E-state index in [9.17, 15) is 4.39 Å². The van der Waals surface area contributed by atoms with Gasteiger partial charge in [0, 0.05) is 6.54 Å². The van der Waals surface area contributed by atoms with Crippen molar-refractivity contribution in [2.75, 3.05) is 0 Å². The zero-order valence-corrected chi connectivity index (χ0v) is 9.44. The fourth-order valence-electron chi connectivity index (χ4n) is 1.01. The normalized spacial score (nSPS) is 12.1. The van der Waals surface area contributed by atoms with E-state index in [4.69, 9.17) is 6.42 Å². The predicted octanol–water partition coefficient (Wildman–Crippen LogP) is 2.70. The summed E-state index contributed by atoms with van der Waals surface area (Å²) in [6.45, 7) is 2.44. The van der Waals surface area contributed by atoms with Gasteiger partial charge in [-0.25, -0.2) is 4.39 Å². The van der Waals surface area contributed by atoms with Crippen LogP contribution in [0.5, 0.6) is 0 Å². The quantitative estimate of drug-likeness (QED) is 0.820. The van der Waals surface area contributed by atoms with Gasteiger partial charge in [-0.15, -0.1) is 6.42 Å². The number of hydrogen-bond donors (Lipinski definition) is 1. The molecule has 1 aromatic carbocycles. The number of rotatable bonds is 3. The van der Waals surface area contributed by atoms with Crippen LogP contribution in [0.2, 0.25) is 0 Å². The molecule has 1 N–H and O–H groups in total. The van der Waals surface area contributed by atoms with Crippen LogP contribution in [0.4, 0.5) is 4.39 Å². The number of terminal acetylenes is 1. The molecule has 3 heteroatoms. The molecule has 0 radical (unpaired) electrons. The van der Waals surface area contributed by atoms with Gasteiger partial charge in [-0.1, -0.05) is 18.1 Å². The summed E-state index contributed by atoms with van der Waals surface area (Å²) in [6, 6.07) is 4.93. The van der Waals surface area contributed by atoms with Crippen molar-refractivity contribution in [3.8, 4) is 12.3 Å². The van der Waals surface area contributed by atoms with Gasteiger partial charge in [0.15, 0.2) is 0 Å². The lowest BCUT2D eigenvalue weighted by Gasteiger charge is -2.09. The molecule has 0 aliphatic heterocycles. The van der Waals surface area contributed by atoms with Crippen LogP contribution in [0.25, 0.3) is 0 Å². The molecule has 74 valence electrons. The van der Waals surface area contributed by atoms with E-state index >= 15 is 0 Å². The molecular formula is C11H11BrFN. The van der Waals surface area contributed by atoms with Gasteiger partial charge in [-0.05, 0) is 34.5 Å². The van der Waals surface area contributed by atoms with Crippen molar-refractivity contribution in [2.24, 2.45) is 0 Å². The summed E-state index contributed by atoms with van der Waals surface area (Å²) in [4.78, 5) is 0. The lowest BCUT2D eigenvalue weighted by molar-refractivity contribution is 0.606. The molecule has 0 aromatic heterocycles. The molecule has 0 fully saturated rings. The van der Waals surface area contributed by atoms with Gasteiger partial charge in [0.05, 0.1) is 10.5 Å². The Morgan fingerprint density at radius 3 is 3.00 bits per heavy atom. The van der Waals surface area contributed by atoms with Crippen LogP contribution in [0.3, 0.4) is 0 Å². The van der Waals surface area contributed by atoms with E-state index in [0.717, 1.165) is 5.56 Å². The SMILES string of the molecule is C#CC(C)NCc1cccc(F)c1Br. The lowest BCUT2D eigenvalue weighted by atomic mass is 10.2. The van der Waals surface area contributed by atoms with Crippen molar-refractivity contribution in [1.82, 2.24) is 5.32 Å². The van der Waals surface area contributed by atoms with Gasteiger partial charge in [0.2, 0.25) is 0 Å². The maximum absolute atomic E-state index is 13.1. The summed E-state index contributed by atoms with van der Waals surface area (Å²) in [6.07, 6.45) is 5.21. The molecule has 1 rings (SSSR count). The van der Waals surface area contributed by atoms with Gasteiger partial charge >= 0.3 is 0 Å². The van der Waals surface area contributed by atoms with Crippen LogP contribution in [0, 0.1) is 18.2 Å². The highest BCUT2D eigenvalue weighted by Gasteiger charge is 2.05. The van der Waals surface area contributed by atoms with E-state index in [0.29, 0.717) is 11.0 Å². The first-order chi connectivity index (χ1) is 6.65. The molecule has 1 unspecified atom stereocenters. The van der Waals surface area contributed by atoms with E-state index in [2.05, 4.69) is 27.2 Å². The van der Waals surface area contributed by atoms with Crippen LogP contribution < -0.4 is 5.32 Å². The first-order valence-electron chi connectivity index (χ1n) is 4.27. The van der Waals surface area contributed by atoms with Crippen molar-refractivity contribution in [3.05, 3.63) is 34.1 Å². The molecule has 14 heavy (non-hydrogen) atoms. The molecule has 1 aromatic rings. The van der Waals surface area contributed by atoms with Gasteiger partial charge in [0.25, 0.3) is 0 Å².